The molecule has 0 amide bonds. The number of esters is 3. The summed E-state index contributed by atoms with van der Waals surface area (Å²) in [6, 6.07) is 0. The lowest BCUT2D eigenvalue weighted by Gasteiger charge is -2.21. The van der Waals surface area contributed by atoms with Gasteiger partial charge in [0.2, 0.25) is 0 Å². The van der Waals surface area contributed by atoms with Crippen LogP contribution < -0.4 is 0 Å². The topological polar surface area (TPSA) is 231 Å². The van der Waals surface area contributed by atoms with Gasteiger partial charge in [-0.15, -0.1) is 0 Å². The van der Waals surface area contributed by atoms with E-state index in [9.17, 15) is 43.5 Å². The summed E-state index contributed by atoms with van der Waals surface area (Å²) in [5, 5.41) is 20.5. The molecule has 0 aliphatic rings. The molecular formula is C67H112O16P2. The molecule has 0 spiro atoms. The van der Waals surface area contributed by atoms with Crippen molar-refractivity contribution in [2.45, 2.75) is 245 Å². The molecule has 0 saturated heterocycles. The van der Waals surface area contributed by atoms with Gasteiger partial charge in [0.25, 0.3) is 0 Å². The summed E-state index contributed by atoms with van der Waals surface area (Å²) in [5.74, 6) is -1.66. The molecule has 0 saturated carbocycles. The summed E-state index contributed by atoms with van der Waals surface area (Å²) in [4.78, 5) is 58.2. The van der Waals surface area contributed by atoms with E-state index in [2.05, 4.69) is 142 Å². The van der Waals surface area contributed by atoms with Crippen molar-refractivity contribution in [2.24, 2.45) is 0 Å². The quantitative estimate of drug-likeness (QED) is 0.0146. The van der Waals surface area contributed by atoms with Crippen molar-refractivity contribution < 1.29 is 75.8 Å². The Hall–Kier alpha value is -4.05. The number of carbonyl (C=O) groups excluding carboxylic acids is 3. The van der Waals surface area contributed by atoms with Crippen LogP contribution in [0.25, 0.3) is 0 Å². The van der Waals surface area contributed by atoms with Gasteiger partial charge in [0.05, 0.1) is 26.4 Å². The number of allylic oxidation sites excluding steroid dienone is 20. The van der Waals surface area contributed by atoms with Crippen LogP contribution in [0.15, 0.2) is 122 Å². The number of hydrogen-bond acceptors (Lipinski definition) is 14. The maximum Gasteiger partial charge on any atom is 0.472 e. The molecule has 0 aromatic rings. The lowest BCUT2D eigenvalue weighted by atomic mass is 10.1. The van der Waals surface area contributed by atoms with Crippen molar-refractivity contribution in [1.82, 2.24) is 0 Å². The van der Waals surface area contributed by atoms with E-state index in [1.807, 2.05) is 0 Å². The van der Waals surface area contributed by atoms with Crippen molar-refractivity contribution in [1.29, 1.82) is 0 Å². The van der Waals surface area contributed by atoms with Crippen molar-refractivity contribution in [3.63, 3.8) is 0 Å². The summed E-state index contributed by atoms with van der Waals surface area (Å²) in [6.07, 6.45) is 66.9. The third-order valence-corrected chi connectivity index (χ3v) is 14.5. The van der Waals surface area contributed by atoms with E-state index in [1.165, 1.54) is 19.3 Å². The molecule has 5 atom stereocenters. The molecule has 4 N–H and O–H groups in total. The molecule has 5 unspecified atom stereocenters. The van der Waals surface area contributed by atoms with Crippen LogP contribution in [0.3, 0.4) is 0 Å². The minimum absolute atomic E-state index is 0.0814. The van der Waals surface area contributed by atoms with Crippen molar-refractivity contribution in [3.8, 4) is 0 Å². The maximum absolute atomic E-state index is 12.9. The molecule has 0 bridgehead atoms. The summed E-state index contributed by atoms with van der Waals surface area (Å²) in [6.45, 7) is 2.34. The predicted molar refractivity (Wildman–Crippen MR) is 343 cm³/mol. The first kappa shape index (κ1) is 81.0. The molecule has 486 valence electrons. The first-order chi connectivity index (χ1) is 41.2. The predicted octanol–water partition coefficient (Wildman–Crippen LogP) is 17.1. The Morgan fingerprint density at radius 1 is 0.341 bits per heavy atom. The number of hydrogen-bond donors (Lipinski definition) is 4. The molecule has 85 heavy (non-hydrogen) atoms. The number of rotatable bonds is 59. The number of phosphoric ester groups is 2. The largest absolute Gasteiger partial charge is 0.472 e. The lowest BCUT2D eigenvalue weighted by Crippen LogP contribution is -2.30. The number of ether oxygens (including phenoxy) is 3. The summed E-state index contributed by atoms with van der Waals surface area (Å²) < 4.78 is 60.6. The minimum Gasteiger partial charge on any atom is -0.463 e. The fourth-order valence-corrected chi connectivity index (χ4v) is 9.34. The van der Waals surface area contributed by atoms with E-state index in [0.717, 1.165) is 148 Å². The summed E-state index contributed by atoms with van der Waals surface area (Å²) in [5.41, 5.74) is 0. The smallest absolute Gasteiger partial charge is 0.463 e. The molecule has 0 aromatic heterocycles. The van der Waals surface area contributed by atoms with E-state index in [4.69, 9.17) is 32.3 Å². The highest BCUT2D eigenvalue weighted by molar-refractivity contribution is 7.47. The number of carbonyl (C=O) groups is 3. The average molecular weight is 1240 g/mol. The first-order valence-corrected chi connectivity index (χ1v) is 34.8. The fourth-order valence-electron chi connectivity index (χ4n) is 7.76. The van der Waals surface area contributed by atoms with E-state index in [-0.39, 0.29) is 19.3 Å². The van der Waals surface area contributed by atoms with Crippen molar-refractivity contribution in [2.75, 3.05) is 39.6 Å². The fraction of sp³-hybridized carbons (Fsp3) is 0.657. The van der Waals surface area contributed by atoms with Crippen molar-refractivity contribution in [3.05, 3.63) is 122 Å². The van der Waals surface area contributed by atoms with E-state index >= 15 is 0 Å². The molecule has 0 rings (SSSR count). The Kier molecular flexibility index (Phi) is 57.4. The van der Waals surface area contributed by atoms with Crippen LogP contribution in [0.2, 0.25) is 0 Å². The highest BCUT2D eigenvalue weighted by Crippen LogP contribution is 2.45. The Morgan fingerprint density at radius 2 is 0.647 bits per heavy atom. The third-order valence-electron chi connectivity index (χ3n) is 12.6. The zero-order valence-corrected chi connectivity index (χ0v) is 54.0. The lowest BCUT2D eigenvalue weighted by molar-refractivity contribution is -0.161. The molecule has 0 radical (unpaired) electrons. The van der Waals surface area contributed by atoms with Crippen LogP contribution in [0.1, 0.15) is 226 Å². The van der Waals surface area contributed by atoms with Gasteiger partial charge >= 0.3 is 33.6 Å². The standard InChI is InChI=1S/C67H112O16P2/c1-4-7-10-13-16-19-22-25-27-28-29-30-31-32-34-37-38-41-44-47-50-53-65(70)77-56-62(68)57-79-84(73,74)80-58-63(69)59-81-85(75,76)82-61-64(83-67(72)55-52-49-46-43-40-35-24-21-18-15-12-9-6-3)60-78-66(71)54-51-48-45-42-39-36-33-26-23-20-17-14-11-8-5-2/h7,10,12,15-17,19-21,24-27,29-30,32-34,38,41,62-64,68-69H,4-6,8-9,11,13-14,18,22-23,28,31,35-37,39-40,42-61H2,1-3H3,(H,73,74)(H,75,76)/b10-7-,15-12-,19-16-,20-17-,24-21-,27-25-,30-29-,33-26-,34-32-,41-38-. The number of aliphatic hydroxyl groups excluding tert-OH is 2. The SMILES string of the molecule is CC/C=C\C/C=C\C/C=C\C/C=C\C/C=C\C/C=C\CCCCC(=O)OCC(O)COP(=O)(O)OCC(O)COP(=O)(O)OCC(COC(=O)CCCCCCC/C=C\C/C=C\CCCCC)OC(=O)CCCCCCC/C=C\C/C=C\CCC. The number of phosphoric acid groups is 2. The van der Waals surface area contributed by atoms with Crippen LogP contribution in [-0.4, -0.2) is 95.9 Å². The van der Waals surface area contributed by atoms with Crippen LogP contribution in [0, 0.1) is 0 Å². The Labute approximate surface area is 512 Å². The second-order valence-corrected chi connectivity index (χ2v) is 23.7. The molecule has 0 aromatic carbocycles. The molecule has 18 heteroatoms. The Bertz CT molecular complexity index is 2040. The molecule has 0 aliphatic carbocycles. The van der Waals surface area contributed by atoms with Crippen LogP contribution in [0.4, 0.5) is 0 Å². The normalized spacial score (nSPS) is 15.1. The molecular weight excluding hydrogens is 1120 g/mol. The van der Waals surface area contributed by atoms with Crippen LogP contribution in [0.5, 0.6) is 0 Å². The van der Waals surface area contributed by atoms with Gasteiger partial charge in [0.1, 0.15) is 25.4 Å². The first-order valence-electron chi connectivity index (χ1n) is 31.8. The summed E-state index contributed by atoms with van der Waals surface area (Å²) >= 11 is 0. The zero-order valence-electron chi connectivity index (χ0n) is 52.2. The second-order valence-electron chi connectivity index (χ2n) is 20.8. The van der Waals surface area contributed by atoms with E-state index < -0.39 is 91.5 Å². The molecule has 0 heterocycles. The van der Waals surface area contributed by atoms with E-state index in [0.29, 0.717) is 19.3 Å². The zero-order chi connectivity index (χ0) is 62.4. The van der Waals surface area contributed by atoms with Gasteiger partial charge in [-0.2, -0.15) is 0 Å². The monoisotopic (exact) mass is 1230 g/mol. The Balaban J connectivity index is 4.69. The maximum atomic E-state index is 12.9. The summed E-state index contributed by atoms with van der Waals surface area (Å²) in [7, 11) is -9.79. The number of unbranched alkanes of at least 4 members (excludes halogenated alkanes) is 16. The van der Waals surface area contributed by atoms with Crippen LogP contribution in [-0.2, 0) is 55.8 Å². The van der Waals surface area contributed by atoms with E-state index in [1.54, 1.807) is 0 Å². The van der Waals surface area contributed by atoms with Crippen molar-refractivity contribution >= 4 is 33.6 Å². The van der Waals surface area contributed by atoms with Gasteiger partial charge in [-0.25, -0.2) is 9.13 Å². The van der Waals surface area contributed by atoms with Gasteiger partial charge < -0.3 is 34.2 Å². The van der Waals surface area contributed by atoms with Gasteiger partial charge in [0.15, 0.2) is 6.10 Å². The Morgan fingerprint density at radius 3 is 1.06 bits per heavy atom. The van der Waals surface area contributed by atoms with Gasteiger partial charge in [-0.05, 0) is 128 Å². The highest BCUT2D eigenvalue weighted by atomic mass is 31.2. The molecule has 16 nitrogen and oxygen atoms in total. The molecule has 0 fully saturated rings. The molecule has 0 aliphatic heterocycles. The third kappa shape index (κ3) is 61.4. The van der Waals surface area contributed by atoms with Gasteiger partial charge in [0, 0.05) is 19.3 Å². The van der Waals surface area contributed by atoms with Crippen LogP contribution >= 0.6 is 15.6 Å². The second kappa shape index (κ2) is 60.2. The van der Waals surface area contributed by atoms with Gasteiger partial charge in [-0.1, -0.05) is 200 Å². The van der Waals surface area contributed by atoms with Gasteiger partial charge in [-0.3, -0.25) is 32.5 Å². The minimum atomic E-state index is -4.93. The average Bonchev–Trinajstić information content (AvgIpc) is 3.51. The highest BCUT2D eigenvalue weighted by Gasteiger charge is 2.29. The number of aliphatic hydroxyl groups is 2.